The van der Waals surface area contributed by atoms with Crippen LogP contribution < -0.4 is 5.73 Å². The Bertz CT molecular complexity index is 583. The maximum Gasteiger partial charge on any atom is 0.153 e. The van der Waals surface area contributed by atoms with Crippen molar-refractivity contribution < 1.29 is 0 Å². The van der Waals surface area contributed by atoms with Crippen molar-refractivity contribution in [3.63, 3.8) is 0 Å². The molecule has 0 radical (unpaired) electrons. The summed E-state index contributed by atoms with van der Waals surface area (Å²) in [6.07, 6.45) is 3.45. The number of aryl methyl sites for hydroxylation is 3. The number of anilines is 1. The van der Waals surface area contributed by atoms with Crippen LogP contribution in [0.15, 0.2) is 12.1 Å². The summed E-state index contributed by atoms with van der Waals surface area (Å²) in [5.41, 5.74) is 11.1. The SMILES string of the molecule is Cc1nn(-c2ccc3c(n2)CCC3)c(C)c1N. The minimum Gasteiger partial charge on any atom is -0.396 e. The number of fused-ring (bicyclic) bond motifs is 1. The fraction of sp³-hybridized carbons (Fsp3) is 0.385. The summed E-state index contributed by atoms with van der Waals surface area (Å²) in [6, 6.07) is 4.19. The smallest absolute Gasteiger partial charge is 0.153 e. The zero-order valence-corrected chi connectivity index (χ0v) is 10.2. The van der Waals surface area contributed by atoms with Gasteiger partial charge in [-0.15, -0.1) is 0 Å². The highest BCUT2D eigenvalue weighted by atomic mass is 15.3. The van der Waals surface area contributed by atoms with Gasteiger partial charge in [0.25, 0.3) is 0 Å². The summed E-state index contributed by atoms with van der Waals surface area (Å²) >= 11 is 0. The molecule has 0 saturated heterocycles. The van der Waals surface area contributed by atoms with E-state index in [1.165, 1.54) is 17.7 Å². The second kappa shape index (κ2) is 3.58. The lowest BCUT2D eigenvalue weighted by Gasteiger charge is -2.05. The molecule has 0 atom stereocenters. The molecule has 0 saturated carbocycles. The number of pyridine rings is 1. The van der Waals surface area contributed by atoms with Gasteiger partial charge < -0.3 is 5.73 Å². The lowest BCUT2D eigenvalue weighted by molar-refractivity contribution is 0.796. The van der Waals surface area contributed by atoms with Gasteiger partial charge in [0.15, 0.2) is 5.82 Å². The molecule has 2 heterocycles. The monoisotopic (exact) mass is 228 g/mol. The second-order valence-corrected chi connectivity index (χ2v) is 4.63. The summed E-state index contributed by atoms with van der Waals surface area (Å²) in [6.45, 7) is 3.90. The molecule has 1 aliphatic rings. The van der Waals surface area contributed by atoms with E-state index in [1.54, 1.807) is 0 Å². The molecule has 4 heteroatoms. The van der Waals surface area contributed by atoms with Gasteiger partial charge in [0.05, 0.1) is 17.1 Å². The third kappa shape index (κ3) is 1.52. The minimum absolute atomic E-state index is 0.757. The molecule has 88 valence electrons. The average molecular weight is 228 g/mol. The Morgan fingerprint density at radius 1 is 1.24 bits per heavy atom. The van der Waals surface area contributed by atoms with E-state index in [0.717, 1.165) is 35.7 Å². The fourth-order valence-corrected chi connectivity index (χ4v) is 2.40. The molecule has 0 unspecified atom stereocenters. The van der Waals surface area contributed by atoms with Crippen LogP contribution in [0.2, 0.25) is 0 Å². The summed E-state index contributed by atoms with van der Waals surface area (Å²) in [7, 11) is 0. The van der Waals surface area contributed by atoms with Crippen LogP contribution in [0.4, 0.5) is 5.69 Å². The summed E-state index contributed by atoms with van der Waals surface area (Å²) in [5, 5.41) is 4.43. The molecule has 1 aliphatic carbocycles. The molecule has 0 bridgehead atoms. The molecule has 3 rings (SSSR count). The number of rotatable bonds is 1. The zero-order chi connectivity index (χ0) is 12.0. The Morgan fingerprint density at radius 2 is 2.06 bits per heavy atom. The van der Waals surface area contributed by atoms with E-state index in [-0.39, 0.29) is 0 Å². The first-order chi connectivity index (χ1) is 8.16. The summed E-state index contributed by atoms with van der Waals surface area (Å²) in [4.78, 5) is 4.68. The van der Waals surface area contributed by atoms with Crippen LogP contribution in [0.3, 0.4) is 0 Å². The minimum atomic E-state index is 0.757. The van der Waals surface area contributed by atoms with Crippen LogP contribution in [0.25, 0.3) is 5.82 Å². The lowest BCUT2D eigenvalue weighted by atomic mass is 10.2. The highest BCUT2D eigenvalue weighted by molar-refractivity contribution is 5.49. The largest absolute Gasteiger partial charge is 0.396 e. The van der Waals surface area contributed by atoms with Crippen molar-refractivity contribution in [3.8, 4) is 5.82 Å². The van der Waals surface area contributed by atoms with Gasteiger partial charge in [-0.05, 0) is 44.7 Å². The zero-order valence-electron chi connectivity index (χ0n) is 10.2. The van der Waals surface area contributed by atoms with Crippen molar-refractivity contribution in [2.45, 2.75) is 33.1 Å². The van der Waals surface area contributed by atoms with Gasteiger partial charge in [-0.1, -0.05) is 6.07 Å². The third-order valence-corrected chi connectivity index (χ3v) is 3.48. The molecule has 17 heavy (non-hydrogen) atoms. The van der Waals surface area contributed by atoms with Gasteiger partial charge >= 0.3 is 0 Å². The Morgan fingerprint density at radius 3 is 2.76 bits per heavy atom. The first kappa shape index (κ1) is 10.3. The Kier molecular flexibility index (Phi) is 2.18. The summed E-state index contributed by atoms with van der Waals surface area (Å²) in [5.74, 6) is 0.878. The van der Waals surface area contributed by atoms with Crippen molar-refractivity contribution in [1.29, 1.82) is 0 Å². The molecule has 0 aromatic carbocycles. The summed E-state index contributed by atoms with van der Waals surface area (Å²) < 4.78 is 1.84. The normalized spacial score (nSPS) is 14.0. The third-order valence-electron chi connectivity index (χ3n) is 3.48. The van der Waals surface area contributed by atoms with E-state index in [9.17, 15) is 0 Å². The van der Waals surface area contributed by atoms with E-state index in [1.807, 2.05) is 24.6 Å². The highest BCUT2D eigenvalue weighted by Gasteiger charge is 2.15. The van der Waals surface area contributed by atoms with Crippen LogP contribution in [0, 0.1) is 13.8 Å². The Labute approximate surface area is 100 Å². The molecule has 2 N–H and O–H groups in total. The van der Waals surface area contributed by atoms with Gasteiger partial charge in [-0.2, -0.15) is 5.10 Å². The molecule has 0 aliphatic heterocycles. The average Bonchev–Trinajstić information content (AvgIpc) is 2.89. The number of nitrogens with two attached hydrogens (primary N) is 1. The van der Waals surface area contributed by atoms with Crippen molar-refractivity contribution in [3.05, 3.63) is 34.8 Å². The molecule has 4 nitrogen and oxygen atoms in total. The van der Waals surface area contributed by atoms with E-state index in [0.29, 0.717) is 0 Å². The molecule has 0 spiro atoms. The lowest BCUT2D eigenvalue weighted by Crippen LogP contribution is -2.04. The maximum atomic E-state index is 5.94. The molecular formula is C13H16N4. The van der Waals surface area contributed by atoms with Crippen LogP contribution >= 0.6 is 0 Å². The van der Waals surface area contributed by atoms with E-state index in [2.05, 4.69) is 16.1 Å². The van der Waals surface area contributed by atoms with Gasteiger partial charge in [0, 0.05) is 5.69 Å². The number of aromatic nitrogens is 3. The highest BCUT2D eigenvalue weighted by Crippen LogP contribution is 2.23. The predicted molar refractivity (Wildman–Crippen MR) is 67.3 cm³/mol. The van der Waals surface area contributed by atoms with Crippen LogP contribution in [-0.4, -0.2) is 14.8 Å². The fourth-order valence-electron chi connectivity index (χ4n) is 2.40. The first-order valence-electron chi connectivity index (χ1n) is 5.97. The quantitative estimate of drug-likeness (QED) is 0.811. The number of nitrogens with zero attached hydrogens (tertiary/aromatic N) is 3. The van der Waals surface area contributed by atoms with Crippen molar-refractivity contribution in [2.75, 3.05) is 5.73 Å². The number of hydrogen-bond donors (Lipinski definition) is 1. The van der Waals surface area contributed by atoms with E-state index >= 15 is 0 Å². The predicted octanol–water partition coefficient (Wildman–Crippen LogP) is 1.96. The molecule has 0 amide bonds. The first-order valence-corrected chi connectivity index (χ1v) is 5.97. The van der Waals surface area contributed by atoms with Crippen molar-refractivity contribution >= 4 is 5.69 Å². The van der Waals surface area contributed by atoms with Crippen LogP contribution in [0.1, 0.15) is 29.1 Å². The number of hydrogen-bond acceptors (Lipinski definition) is 3. The Balaban J connectivity index is 2.12. The maximum absolute atomic E-state index is 5.94. The van der Waals surface area contributed by atoms with E-state index in [4.69, 9.17) is 5.73 Å². The van der Waals surface area contributed by atoms with E-state index < -0.39 is 0 Å². The van der Waals surface area contributed by atoms with Crippen molar-refractivity contribution in [2.24, 2.45) is 0 Å². The van der Waals surface area contributed by atoms with Crippen molar-refractivity contribution in [1.82, 2.24) is 14.8 Å². The van der Waals surface area contributed by atoms with Crippen LogP contribution in [0.5, 0.6) is 0 Å². The standard InChI is InChI=1S/C13H16N4/c1-8-13(14)9(2)17(16-8)12-7-6-10-4-3-5-11(10)15-12/h6-7H,3-5,14H2,1-2H3. The van der Waals surface area contributed by atoms with Gasteiger partial charge in [-0.3, -0.25) is 0 Å². The molecule has 2 aromatic rings. The Hall–Kier alpha value is -1.84. The van der Waals surface area contributed by atoms with Crippen LogP contribution in [-0.2, 0) is 12.8 Å². The topological polar surface area (TPSA) is 56.7 Å². The van der Waals surface area contributed by atoms with Gasteiger partial charge in [0.1, 0.15) is 0 Å². The molecule has 2 aromatic heterocycles. The van der Waals surface area contributed by atoms with Gasteiger partial charge in [0.2, 0.25) is 0 Å². The molecular weight excluding hydrogens is 212 g/mol. The second-order valence-electron chi connectivity index (χ2n) is 4.63. The molecule has 0 fully saturated rings. The van der Waals surface area contributed by atoms with Gasteiger partial charge in [-0.25, -0.2) is 9.67 Å². The number of nitrogen functional groups attached to an aromatic ring is 1.